The molecule has 2 aromatic heterocycles. The number of rotatable bonds is 2. The summed E-state index contributed by atoms with van der Waals surface area (Å²) in [6.07, 6.45) is 5.40. The van der Waals surface area contributed by atoms with E-state index in [1.54, 1.807) is 0 Å². The Morgan fingerprint density at radius 1 is 1.23 bits per heavy atom. The van der Waals surface area contributed by atoms with Crippen molar-refractivity contribution in [1.82, 2.24) is 15.1 Å². The molecule has 2 saturated heterocycles. The van der Waals surface area contributed by atoms with E-state index in [0.717, 1.165) is 62.4 Å². The second-order valence-corrected chi connectivity index (χ2v) is 6.15. The van der Waals surface area contributed by atoms with Crippen molar-refractivity contribution < 1.29 is 14.0 Å². The van der Waals surface area contributed by atoms with E-state index in [0.29, 0.717) is 11.8 Å². The first-order valence-corrected chi connectivity index (χ1v) is 7.81. The Labute approximate surface area is 128 Å². The van der Waals surface area contributed by atoms with Crippen molar-refractivity contribution in [2.24, 2.45) is 0 Å². The van der Waals surface area contributed by atoms with Gasteiger partial charge in [-0.05, 0) is 32.6 Å². The molecule has 2 aromatic rings. The largest absolute Gasteiger partial charge is 0.381 e. The third-order valence-corrected chi connectivity index (χ3v) is 4.68. The van der Waals surface area contributed by atoms with Crippen LogP contribution in [-0.2, 0) is 9.47 Å². The fourth-order valence-electron chi connectivity index (χ4n) is 3.47. The minimum absolute atomic E-state index is 0.0377. The number of aromatic nitrogens is 3. The van der Waals surface area contributed by atoms with E-state index in [1.165, 1.54) is 6.33 Å². The second-order valence-electron chi connectivity index (χ2n) is 6.15. The molecule has 2 fully saturated rings. The molecule has 1 unspecified atom stereocenters. The summed E-state index contributed by atoms with van der Waals surface area (Å²) in [6, 6.07) is 0.333. The molecular formula is C15H20N4O3. The van der Waals surface area contributed by atoms with Crippen LogP contribution in [0.3, 0.4) is 0 Å². The second kappa shape index (κ2) is 5.48. The molecule has 22 heavy (non-hydrogen) atoms. The summed E-state index contributed by atoms with van der Waals surface area (Å²) in [5, 5.41) is 8.39. The molecule has 7 nitrogen and oxygen atoms in total. The maximum absolute atomic E-state index is 6.09. The summed E-state index contributed by atoms with van der Waals surface area (Å²) >= 11 is 0. The number of nitrogens with zero attached hydrogens (tertiary/aromatic N) is 3. The molecule has 1 N–H and O–H groups in total. The number of aryl methyl sites for hydroxylation is 1. The van der Waals surface area contributed by atoms with Gasteiger partial charge in [-0.2, -0.15) is 4.98 Å². The van der Waals surface area contributed by atoms with E-state index in [2.05, 4.69) is 20.4 Å². The highest BCUT2D eigenvalue weighted by Gasteiger charge is 2.39. The van der Waals surface area contributed by atoms with Gasteiger partial charge in [0.05, 0.1) is 11.3 Å². The summed E-state index contributed by atoms with van der Waals surface area (Å²) in [5.74, 6) is 0.804. The molecule has 1 spiro atoms. The zero-order valence-corrected chi connectivity index (χ0v) is 12.7. The molecule has 0 aliphatic carbocycles. The topological polar surface area (TPSA) is 82.3 Å². The molecule has 7 heteroatoms. The maximum Gasteiger partial charge on any atom is 0.263 e. The van der Waals surface area contributed by atoms with Crippen molar-refractivity contribution in [2.45, 2.75) is 44.2 Å². The van der Waals surface area contributed by atoms with Crippen molar-refractivity contribution in [3.05, 3.63) is 12.0 Å². The SMILES string of the molecule is Cc1noc2ncnc(NC3CCOC4(CCOCC4)C3)c12. The molecule has 2 aliphatic heterocycles. The Morgan fingerprint density at radius 3 is 2.95 bits per heavy atom. The Hall–Kier alpha value is -1.73. The fourth-order valence-corrected chi connectivity index (χ4v) is 3.47. The number of hydrogen-bond donors (Lipinski definition) is 1. The lowest BCUT2D eigenvalue weighted by Crippen LogP contribution is -2.47. The van der Waals surface area contributed by atoms with Crippen LogP contribution in [0.5, 0.6) is 0 Å². The molecule has 2 aliphatic rings. The van der Waals surface area contributed by atoms with Crippen molar-refractivity contribution in [1.29, 1.82) is 0 Å². The van der Waals surface area contributed by atoms with E-state index in [-0.39, 0.29) is 5.60 Å². The monoisotopic (exact) mass is 304 g/mol. The first kappa shape index (κ1) is 13.9. The number of ether oxygens (including phenoxy) is 2. The third-order valence-electron chi connectivity index (χ3n) is 4.68. The predicted molar refractivity (Wildman–Crippen MR) is 79.7 cm³/mol. The van der Waals surface area contributed by atoms with Gasteiger partial charge in [-0.15, -0.1) is 0 Å². The molecule has 0 saturated carbocycles. The summed E-state index contributed by atoms with van der Waals surface area (Å²) in [7, 11) is 0. The van der Waals surface area contributed by atoms with Crippen LogP contribution in [0.1, 0.15) is 31.4 Å². The highest BCUT2D eigenvalue weighted by Crippen LogP contribution is 2.35. The Kier molecular flexibility index (Phi) is 3.46. The Morgan fingerprint density at radius 2 is 2.09 bits per heavy atom. The van der Waals surface area contributed by atoms with Crippen molar-refractivity contribution >= 4 is 16.9 Å². The van der Waals surface area contributed by atoms with Crippen molar-refractivity contribution in [3.63, 3.8) is 0 Å². The highest BCUT2D eigenvalue weighted by atomic mass is 16.5. The van der Waals surface area contributed by atoms with Gasteiger partial charge in [0.2, 0.25) is 0 Å². The zero-order chi connectivity index (χ0) is 15.0. The number of nitrogens with one attached hydrogen (secondary N) is 1. The van der Waals surface area contributed by atoms with Crippen LogP contribution in [0, 0.1) is 6.92 Å². The van der Waals surface area contributed by atoms with Crippen LogP contribution in [0.15, 0.2) is 10.9 Å². The van der Waals surface area contributed by atoms with Gasteiger partial charge >= 0.3 is 0 Å². The summed E-state index contributed by atoms with van der Waals surface area (Å²) in [4.78, 5) is 8.50. The van der Waals surface area contributed by atoms with Gasteiger partial charge in [-0.3, -0.25) is 0 Å². The average Bonchev–Trinajstić information content (AvgIpc) is 2.91. The van der Waals surface area contributed by atoms with Crippen LogP contribution in [0.2, 0.25) is 0 Å². The molecule has 118 valence electrons. The first-order chi connectivity index (χ1) is 10.8. The lowest BCUT2D eigenvalue weighted by Gasteiger charge is -2.43. The Balaban J connectivity index is 1.56. The molecule has 0 aromatic carbocycles. The normalized spacial score (nSPS) is 24.7. The van der Waals surface area contributed by atoms with Crippen LogP contribution in [0.25, 0.3) is 11.1 Å². The van der Waals surface area contributed by atoms with Gasteiger partial charge in [0.15, 0.2) is 0 Å². The predicted octanol–water partition coefficient (Wildman–Crippen LogP) is 2.07. The van der Waals surface area contributed by atoms with E-state index in [9.17, 15) is 0 Å². The van der Waals surface area contributed by atoms with Crippen LogP contribution in [0.4, 0.5) is 5.82 Å². The molecular weight excluding hydrogens is 284 g/mol. The molecule has 0 radical (unpaired) electrons. The molecule has 0 amide bonds. The lowest BCUT2D eigenvalue weighted by atomic mass is 9.84. The van der Waals surface area contributed by atoms with Gasteiger partial charge in [0, 0.05) is 25.9 Å². The van der Waals surface area contributed by atoms with Gasteiger partial charge in [-0.25, -0.2) is 4.98 Å². The summed E-state index contributed by atoms with van der Waals surface area (Å²) in [5.41, 5.74) is 1.30. The number of fused-ring (bicyclic) bond motifs is 1. The van der Waals surface area contributed by atoms with Gasteiger partial charge in [-0.1, -0.05) is 5.16 Å². The Bertz CT molecular complexity index is 660. The standard InChI is InChI=1S/C15H20N4O3/c1-10-12-13(16-9-17-14(12)22-19-10)18-11-2-5-21-15(8-11)3-6-20-7-4-15/h9,11H,2-8H2,1H3,(H,16,17,18). The minimum Gasteiger partial charge on any atom is -0.381 e. The van der Waals surface area contributed by atoms with Crippen molar-refractivity contribution in [3.8, 4) is 0 Å². The van der Waals surface area contributed by atoms with E-state index in [4.69, 9.17) is 14.0 Å². The molecule has 4 rings (SSSR count). The zero-order valence-electron chi connectivity index (χ0n) is 12.7. The molecule has 4 heterocycles. The van der Waals surface area contributed by atoms with E-state index >= 15 is 0 Å². The smallest absolute Gasteiger partial charge is 0.263 e. The lowest BCUT2D eigenvalue weighted by molar-refractivity contribution is -0.135. The summed E-state index contributed by atoms with van der Waals surface area (Å²) in [6.45, 7) is 4.25. The van der Waals surface area contributed by atoms with Gasteiger partial charge in [0.25, 0.3) is 5.71 Å². The number of hydrogen-bond acceptors (Lipinski definition) is 7. The maximum atomic E-state index is 6.09. The fraction of sp³-hybridized carbons (Fsp3) is 0.667. The summed E-state index contributed by atoms with van der Waals surface area (Å²) < 4.78 is 16.8. The van der Waals surface area contributed by atoms with Gasteiger partial charge < -0.3 is 19.3 Å². The average molecular weight is 304 g/mol. The first-order valence-electron chi connectivity index (χ1n) is 7.81. The number of anilines is 1. The van der Waals surface area contributed by atoms with Gasteiger partial charge in [0.1, 0.15) is 17.5 Å². The van der Waals surface area contributed by atoms with E-state index in [1.807, 2.05) is 6.92 Å². The van der Waals surface area contributed by atoms with Crippen LogP contribution < -0.4 is 5.32 Å². The highest BCUT2D eigenvalue weighted by molar-refractivity contribution is 5.87. The molecule has 0 bridgehead atoms. The third kappa shape index (κ3) is 2.44. The molecule has 1 atom stereocenters. The van der Waals surface area contributed by atoms with Crippen molar-refractivity contribution in [2.75, 3.05) is 25.1 Å². The van der Waals surface area contributed by atoms with Crippen LogP contribution >= 0.6 is 0 Å². The quantitative estimate of drug-likeness (QED) is 0.909. The van der Waals surface area contributed by atoms with Crippen LogP contribution in [-0.4, -0.2) is 46.6 Å². The van der Waals surface area contributed by atoms with E-state index < -0.39 is 0 Å². The minimum atomic E-state index is -0.0377.